The first kappa shape index (κ1) is 8.92. The van der Waals surface area contributed by atoms with Crippen LogP contribution in [0.1, 0.15) is 0 Å². The molecule has 0 aromatic heterocycles. The maximum absolute atomic E-state index is 8.59. The molecule has 0 bridgehead atoms. The Morgan fingerprint density at radius 3 is 1.00 bits per heavy atom. The van der Waals surface area contributed by atoms with E-state index < -0.39 is 17.2 Å². The van der Waals surface area contributed by atoms with E-state index in [1.54, 1.807) is 0 Å². The Bertz CT molecular complexity index is 76.3. The Labute approximate surface area is 35.5 Å². The van der Waals surface area contributed by atoms with Gasteiger partial charge in [0.1, 0.15) is 0 Å². The van der Waals surface area contributed by atoms with Gasteiger partial charge in [-0.05, 0) is 0 Å². The molecule has 0 atom stereocenters. The summed E-state index contributed by atoms with van der Waals surface area (Å²) in [5, 5.41) is 0. The SMILES string of the molecule is [C].[O]=[Mo](=[O])=[O]. The molecule has 0 aliphatic heterocycles. The summed E-state index contributed by atoms with van der Waals surface area (Å²) in [5.74, 6) is 0. The molecule has 0 amide bonds. The quantitative estimate of drug-likeness (QED) is 0.453. The van der Waals surface area contributed by atoms with E-state index in [1.807, 2.05) is 0 Å². The molecule has 0 aliphatic carbocycles. The first-order valence-electron chi connectivity index (χ1n) is 0.500. The van der Waals surface area contributed by atoms with Gasteiger partial charge in [-0.25, -0.2) is 0 Å². The van der Waals surface area contributed by atoms with Crippen LogP contribution in [0.5, 0.6) is 0 Å². The molecule has 0 N–H and O–H groups in total. The van der Waals surface area contributed by atoms with Gasteiger partial charge in [0.25, 0.3) is 0 Å². The monoisotopic (exact) mass is 158 g/mol. The summed E-state index contributed by atoms with van der Waals surface area (Å²) in [5.41, 5.74) is 0. The van der Waals surface area contributed by atoms with Crippen LogP contribution in [0, 0.1) is 7.43 Å². The fraction of sp³-hybridized carbons (Fsp3) is 0. The number of hydrogen-bond acceptors (Lipinski definition) is 3. The van der Waals surface area contributed by atoms with Crippen molar-refractivity contribution in [2.75, 3.05) is 0 Å². The summed E-state index contributed by atoms with van der Waals surface area (Å²) in [4.78, 5) is 0. The molecule has 4 radical (unpaired) electrons. The van der Waals surface area contributed by atoms with Crippen LogP contribution in [-0.4, -0.2) is 0 Å². The fourth-order valence-corrected chi connectivity index (χ4v) is 0. The standard InChI is InChI=1S/C.Mo.3O. The van der Waals surface area contributed by atoms with Crippen LogP contribution in [0.4, 0.5) is 0 Å². The molecule has 28 valence electrons. The average molecular weight is 156 g/mol. The van der Waals surface area contributed by atoms with E-state index in [0.29, 0.717) is 0 Å². The van der Waals surface area contributed by atoms with Gasteiger partial charge in [0.2, 0.25) is 0 Å². The first-order chi connectivity index (χ1) is 1.73. The predicted octanol–water partition coefficient (Wildman–Crippen LogP) is -0.278. The Hall–Kier alpha value is 0.0883. The van der Waals surface area contributed by atoms with Crippen LogP contribution < -0.4 is 0 Å². The van der Waals surface area contributed by atoms with E-state index >= 15 is 0 Å². The number of rotatable bonds is 0. The molecular formula is CMoO3. The summed E-state index contributed by atoms with van der Waals surface area (Å²) < 4.78 is 25.8. The van der Waals surface area contributed by atoms with Gasteiger partial charge in [0.15, 0.2) is 0 Å². The second-order valence-electron chi connectivity index (χ2n) is 0.204. The molecule has 3 nitrogen and oxygen atoms in total. The van der Waals surface area contributed by atoms with Crippen LogP contribution in [-0.2, 0) is 27.4 Å². The van der Waals surface area contributed by atoms with Crippen molar-refractivity contribution >= 4 is 0 Å². The summed E-state index contributed by atoms with van der Waals surface area (Å²) in [6.45, 7) is 0. The normalized spacial score (nSPS) is 4.80. The van der Waals surface area contributed by atoms with Gasteiger partial charge in [-0.3, -0.25) is 0 Å². The third-order valence-corrected chi connectivity index (χ3v) is 0. The van der Waals surface area contributed by atoms with Crippen molar-refractivity contribution in [2.24, 2.45) is 0 Å². The van der Waals surface area contributed by atoms with E-state index in [4.69, 9.17) is 10.2 Å². The van der Waals surface area contributed by atoms with Crippen LogP contribution in [0.25, 0.3) is 0 Å². The van der Waals surface area contributed by atoms with Gasteiger partial charge in [-0.2, -0.15) is 0 Å². The van der Waals surface area contributed by atoms with E-state index in [-0.39, 0.29) is 7.43 Å². The molecule has 0 saturated heterocycles. The van der Waals surface area contributed by atoms with E-state index in [2.05, 4.69) is 0 Å². The van der Waals surface area contributed by atoms with Crippen molar-refractivity contribution < 1.29 is 27.4 Å². The Balaban J connectivity index is 0. The van der Waals surface area contributed by atoms with E-state index in [9.17, 15) is 0 Å². The third-order valence-electron chi connectivity index (χ3n) is 0. The zero-order valence-corrected chi connectivity index (χ0v) is 4.14. The Morgan fingerprint density at radius 2 is 1.00 bits per heavy atom. The molecule has 0 heterocycles. The zero-order valence-electron chi connectivity index (χ0n) is 2.13. The van der Waals surface area contributed by atoms with Gasteiger partial charge >= 0.3 is 27.4 Å². The molecule has 0 unspecified atom stereocenters. The van der Waals surface area contributed by atoms with Gasteiger partial charge in [0.05, 0.1) is 0 Å². The topological polar surface area (TPSA) is 51.2 Å². The van der Waals surface area contributed by atoms with E-state index in [0.717, 1.165) is 0 Å². The van der Waals surface area contributed by atoms with Gasteiger partial charge in [-0.15, -0.1) is 0 Å². The zero-order chi connectivity index (χ0) is 3.58. The van der Waals surface area contributed by atoms with Crippen LogP contribution in [0.3, 0.4) is 0 Å². The molecule has 0 rings (SSSR count). The summed E-state index contributed by atoms with van der Waals surface area (Å²) in [7, 11) is 0. The van der Waals surface area contributed by atoms with Crippen molar-refractivity contribution in [3.8, 4) is 0 Å². The van der Waals surface area contributed by atoms with Gasteiger partial charge in [0, 0.05) is 7.43 Å². The molecule has 4 heteroatoms. The van der Waals surface area contributed by atoms with Crippen LogP contribution in [0.2, 0.25) is 0 Å². The summed E-state index contributed by atoms with van der Waals surface area (Å²) in [6.07, 6.45) is 0. The predicted molar refractivity (Wildman–Crippen MR) is 5.30 cm³/mol. The molecular weight excluding hydrogens is 156 g/mol. The second-order valence-corrected chi connectivity index (χ2v) is 1.21. The summed E-state index contributed by atoms with van der Waals surface area (Å²) in [6, 6.07) is 0. The van der Waals surface area contributed by atoms with Crippen molar-refractivity contribution in [1.82, 2.24) is 0 Å². The van der Waals surface area contributed by atoms with Gasteiger partial charge < -0.3 is 0 Å². The molecule has 0 saturated carbocycles. The minimum absolute atomic E-state index is 0. The van der Waals surface area contributed by atoms with Crippen molar-refractivity contribution in [1.29, 1.82) is 0 Å². The Morgan fingerprint density at radius 1 is 1.00 bits per heavy atom. The summed E-state index contributed by atoms with van der Waals surface area (Å²) >= 11 is -4.11. The third kappa shape index (κ3) is 2290. The van der Waals surface area contributed by atoms with E-state index in [1.165, 1.54) is 0 Å². The minimum atomic E-state index is -4.11. The van der Waals surface area contributed by atoms with Crippen molar-refractivity contribution in [2.45, 2.75) is 0 Å². The molecule has 0 aromatic carbocycles. The van der Waals surface area contributed by atoms with Crippen molar-refractivity contribution in [3.05, 3.63) is 7.43 Å². The number of hydrogen-bond donors (Lipinski definition) is 0. The molecule has 5 heavy (non-hydrogen) atoms. The average Bonchev–Trinajstić information content (AvgIpc) is 0.811. The first-order valence-corrected chi connectivity index (χ1v) is 2.96. The van der Waals surface area contributed by atoms with Crippen LogP contribution >= 0.6 is 0 Å². The Kier molecular flexibility index (Phi) is 7.29. The molecule has 0 fully saturated rings. The van der Waals surface area contributed by atoms with Crippen LogP contribution in [0.15, 0.2) is 0 Å². The molecule has 0 spiro atoms. The molecule has 0 aromatic rings. The van der Waals surface area contributed by atoms with Crippen molar-refractivity contribution in [3.63, 3.8) is 0 Å². The van der Waals surface area contributed by atoms with Gasteiger partial charge in [-0.1, -0.05) is 0 Å². The molecule has 0 aliphatic rings. The second kappa shape index (κ2) is 4.09. The maximum atomic E-state index is 8.59. The fourth-order valence-electron chi connectivity index (χ4n) is 0.